The molecule has 2 aromatic rings. The highest BCUT2D eigenvalue weighted by atomic mass is 16.1. The third kappa shape index (κ3) is 3.14. The molecule has 2 rings (SSSR count). The van der Waals surface area contributed by atoms with Gasteiger partial charge in [0.1, 0.15) is 0 Å². The first-order chi connectivity index (χ1) is 9.24. The molecular formula is C14H16N4O. The Bertz CT molecular complexity index is 549. The number of hydrogen-bond acceptors (Lipinski definition) is 4. The zero-order valence-electron chi connectivity index (χ0n) is 10.8. The Hall–Kier alpha value is -2.27. The number of hydrogen-bond donors (Lipinski definition) is 2. The maximum atomic E-state index is 11.4. The molecule has 3 N–H and O–H groups in total. The van der Waals surface area contributed by atoms with Gasteiger partial charge in [0.25, 0.3) is 5.91 Å². The van der Waals surface area contributed by atoms with Gasteiger partial charge in [0.15, 0.2) is 5.69 Å². The normalized spacial score (nSPS) is 10.2. The van der Waals surface area contributed by atoms with E-state index in [1.165, 1.54) is 5.56 Å². The predicted octanol–water partition coefficient (Wildman–Crippen LogP) is 1.00. The van der Waals surface area contributed by atoms with Crippen molar-refractivity contribution < 1.29 is 4.79 Å². The smallest absolute Gasteiger partial charge is 0.271 e. The first-order valence-electron chi connectivity index (χ1n) is 6.10. The average molecular weight is 256 g/mol. The van der Waals surface area contributed by atoms with E-state index in [0.717, 1.165) is 17.7 Å². The second-order valence-corrected chi connectivity index (χ2v) is 4.12. The SMILES string of the molecule is CNC(=O)c1ccc(-c2ccc(CCN)cc2)nn1. The lowest BCUT2D eigenvalue weighted by Crippen LogP contribution is -2.19. The molecule has 0 atom stereocenters. The molecule has 5 nitrogen and oxygen atoms in total. The number of carbonyl (C=O) groups excluding carboxylic acids is 1. The van der Waals surface area contributed by atoms with Crippen LogP contribution in [-0.4, -0.2) is 29.7 Å². The van der Waals surface area contributed by atoms with Crippen LogP contribution in [0.1, 0.15) is 16.1 Å². The quantitative estimate of drug-likeness (QED) is 0.855. The average Bonchev–Trinajstić information content (AvgIpc) is 2.48. The van der Waals surface area contributed by atoms with Crippen LogP contribution in [0.15, 0.2) is 36.4 Å². The summed E-state index contributed by atoms with van der Waals surface area (Å²) < 4.78 is 0. The summed E-state index contributed by atoms with van der Waals surface area (Å²) in [5.41, 5.74) is 8.73. The molecule has 0 saturated carbocycles. The molecule has 0 fully saturated rings. The zero-order valence-corrected chi connectivity index (χ0v) is 10.8. The van der Waals surface area contributed by atoms with Crippen molar-refractivity contribution in [2.24, 2.45) is 5.73 Å². The highest BCUT2D eigenvalue weighted by Crippen LogP contribution is 2.17. The number of nitrogens with one attached hydrogen (secondary N) is 1. The molecule has 1 amide bonds. The van der Waals surface area contributed by atoms with Gasteiger partial charge in [-0.3, -0.25) is 4.79 Å². The van der Waals surface area contributed by atoms with Crippen LogP contribution in [0.5, 0.6) is 0 Å². The minimum Gasteiger partial charge on any atom is -0.354 e. The fourth-order valence-corrected chi connectivity index (χ4v) is 1.74. The van der Waals surface area contributed by atoms with Gasteiger partial charge >= 0.3 is 0 Å². The van der Waals surface area contributed by atoms with Crippen molar-refractivity contribution in [2.45, 2.75) is 6.42 Å². The van der Waals surface area contributed by atoms with Gasteiger partial charge in [-0.15, -0.1) is 10.2 Å². The highest BCUT2D eigenvalue weighted by molar-refractivity contribution is 5.91. The molecule has 19 heavy (non-hydrogen) atoms. The van der Waals surface area contributed by atoms with Crippen LogP contribution in [0.3, 0.4) is 0 Å². The number of amides is 1. The summed E-state index contributed by atoms with van der Waals surface area (Å²) in [5, 5.41) is 10.5. The molecule has 0 bridgehead atoms. The molecule has 0 saturated heterocycles. The second kappa shape index (κ2) is 6.06. The highest BCUT2D eigenvalue weighted by Gasteiger charge is 2.06. The van der Waals surface area contributed by atoms with Gasteiger partial charge in [-0.2, -0.15) is 0 Å². The van der Waals surface area contributed by atoms with Crippen LogP contribution in [-0.2, 0) is 6.42 Å². The summed E-state index contributed by atoms with van der Waals surface area (Å²) in [6.45, 7) is 0.639. The largest absolute Gasteiger partial charge is 0.354 e. The Kier molecular flexibility index (Phi) is 4.20. The molecular weight excluding hydrogens is 240 g/mol. The molecule has 1 aromatic heterocycles. The maximum absolute atomic E-state index is 11.4. The third-order valence-corrected chi connectivity index (χ3v) is 2.81. The Morgan fingerprint density at radius 3 is 2.42 bits per heavy atom. The van der Waals surface area contributed by atoms with Crippen LogP contribution in [0.4, 0.5) is 0 Å². The van der Waals surface area contributed by atoms with Gasteiger partial charge in [-0.05, 0) is 30.7 Å². The fraction of sp³-hybridized carbons (Fsp3) is 0.214. The van der Waals surface area contributed by atoms with Gasteiger partial charge in [0, 0.05) is 12.6 Å². The van der Waals surface area contributed by atoms with E-state index in [1.54, 1.807) is 19.2 Å². The lowest BCUT2D eigenvalue weighted by molar-refractivity contribution is 0.0957. The van der Waals surface area contributed by atoms with E-state index in [9.17, 15) is 4.79 Å². The number of aromatic nitrogens is 2. The zero-order chi connectivity index (χ0) is 13.7. The minimum absolute atomic E-state index is 0.239. The number of nitrogens with zero attached hydrogens (tertiary/aromatic N) is 2. The summed E-state index contributed by atoms with van der Waals surface area (Å²) in [5.74, 6) is -0.239. The Morgan fingerprint density at radius 1 is 1.16 bits per heavy atom. The second-order valence-electron chi connectivity index (χ2n) is 4.12. The van der Waals surface area contributed by atoms with Crippen LogP contribution in [0.2, 0.25) is 0 Å². The monoisotopic (exact) mass is 256 g/mol. The van der Waals surface area contributed by atoms with Crippen LogP contribution in [0, 0.1) is 0 Å². The van der Waals surface area contributed by atoms with Crippen molar-refractivity contribution in [1.82, 2.24) is 15.5 Å². The first-order valence-corrected chi connectivity index (χ1v) is 6.10. The van der Waals surface area contributed by atoms with Gasteiger partial charge < -0.3 is 11.1 Å². The third-order valence-electron chi connectivity index (χ3n) is 2.81. The summed E-state index contributed by atoms with van der Waals surface area (Å²) in [7, 11) is 1.56. The van der Waals surface area contributed by atoms with Crippen LogP contribution in [0.25, 0.3) is 11.3 Å². The number of carbonyl (C=O) groups is 1. The van der Waals surface area contributed by atoms with E-state index in [0.29, 0.717) is 12.2 Å². The first kappa shape index (κ1) is 13.2. The topological polar surface area (TPSA) is 80.9 Å². The molecule has 0 spiro atoms. The molecule has 0 unspecified atom stereocenters. The van der Waals surface area contributed by atoms with E-state index >= 15 is 0 Å². The van der Waals surface area contributed by atoms with E-state index in [2.05, 4.69) is 15.5 Å². The number of rotatable bonds is 4. The number of benzene rings is 1. The van der Waals surface area contributed by atoms with Gasteiger partial charge in [-0.25, -0.2) is 0 Å². The van der Waals surface area contributed by atoms with Crippen molar-refractivity contribution in [1.29, 1.82) is 0 Å². The fourth-order valence-electron chi connectivity index (χ4n) is 1.74. The van der Waals surface area contributed by atoms with Crippen LogP contribution < -0.4 is 11.1 Å². The molecule has 1 heterocycles. The molecule has 0 radical (unpaired) electrons. The maximum Gasteiger partial charge on any atom is 0.271 e. The molecule has 5 heteroatoms. The van der Waals surface area contributed by atoms with E-state index in [1.807, 2.05) is 24.3 Å². The lowest BCUT2D eigenvalue weighted by Gasteiger charge is -2.03. The summed E-state index contributed by atoms with van der Waals surface area (Å²) in [6.07, 6.45) is 0.863. The molecule has 0 aliphatic heterocycles. The predicted molar refractivity (Wildman–Crippen MR) is 73.6 cm³/mol. The standard InChI is InChI=1S/C14H16N4O/c1-16-14(19)13-7-6-12(17-18-13)11-4-2-10(3-5-11)8-9-15/h2-7H,8-9,15H2,1H3,(H,16,19). The van der Waals surface area contributed by atoms with Gasteiger partial charge in [0.2, 0.25) is 0 Å². The van der Waals surface area contributed by atoms with E-state index in [-0.39, 0.29) is 5.91 Å². The molecule has 1 aromatic carbocycles. The minimum atomic E-state index is -0.239. The van der Waals surface area contributed by atoms with Gasteiger partial charge in [0.05, 0.1) is 5.69 Å². The molecule has 0 aliphatic carbocycles. The molecule has 98 valence electrons. The Balaban J connectivity index is 2.19. The summed E-state index contributed by atoms with van der Waals surface area (Å²) >= 11 is 0. The summed E-state index contributed by atoms with van der Waals surface area (Å²) in [6, 6.07) is 11.5. The van der Waals surface area contributed by atoms with E-state index < -0.39 is 0 Å². The summed E-state index contributed by atoms with van der Waals surface area (Å²) in [4.78, 5) is 11.4. The van der Waals surface area contributed by atoms with Crippen molar-refractivity contribution in [3.63, 3.8) is 0 Å². The molecule has 0 aliphatic rings. The van der Waals surface area contributed by atoms with Crippen molar-refractivity contribution in [2.75, 3.05) is 13.6 Å². The van der Waals surface area contributed by atoms with Gasteiger partial charge in [-0.1, -0.05) is 24.3 Å². The van der Waals surface area contributed by atoms with Crippen LogP contribution >= 0.6 is 0 Å². The lowest BCUT2D eigenvalue weighted by atomic mass is 10.1. The van der Waals surface area contributed by atoms with Crippen molar-refractivity contribution >= 4 is 5.91 Å². The van der Waals surface area contributed by atoms with Crippen molar-refractivity contribution in [3.05, 3.63) is 47.7 Å². The van der Waals surface area contributed by atoms with Crippen molar-refractivity contribution in [3.8, 4) is 11.3 Å². The van der Waals surface area contributed by atoms with E-state index in [4.69, 9.17) is 5.73 Å². The Morgan fingerprint density at radius 2 is 1.89 bits per heavy atom. The number of nitrogens with two attached hydrogens (primary N) is 1. The Labute approximate surface area is 111 Å².